The van der Waals surface area contributed by atoms with Crippen molar-refractivity contribution < 1.29 is 0 Å². The average Bonchev–Trinajstić information content (AvgIpc) is 2.86. The monoisotopic (exact) mass is 343 g/mol. The summed E-state index contributed by atoms with van der Waals surface area (Å²) in [5.74, 6) is 0.662. The van der Waals surface area contributed by atoms with Crippen molar-refractivity contribution in [1.82, 2.24) is 9.88 Å². The van der Waals surface area contributed by atoms with Crippen LogP contribution in [0.15, 0.2) is 30.5 Å². The van der Waals surface area contributed by atoms with Gasteiger partial charge in [0.05, 0.1) is 0 Å². The van der Waals surface area contributed by atoms with Gasteiger partial charge in [-0.1, -0.05) is 23.7 Å². The number of nitrogen functional groups attached to an aromatic ring is 1. The lowest BCUT2D eigenvalue weighted by Crippen LogP contribution is -2.32. The number of aromatic nitrogens is 1. The van der Waals surface area contributed by atoms with Crippen LogP contribution < -0.4 is 5.73 Å². The molecule has 1 aliphatic heterocycles. The molecular formula is C15H19Cl2N3S. The van der Waals surface area contributed by atoms with Crippen molar-refractivity contribution in [1.29, 1.82) is 0 Å². The summed E-state index contributed by atoms with van der Waals surface area (Å²) in [5, 5.41) is 1.48. The van der Waals surface area contributed by atoms with Gasteiger partial charge in [0, 0.05) is 22.6 Å². The van der Waals surface area contributed by atoms with Crippen molar-refractivity contribution in [2.45, 2.75) is 25.3 Å². The summed E-state index contributed by atoms with van der Waals surface area (Å²) in [4.78, 5) is 7.85. The molecule has 2 aromatic rings. The molecule has 114 valence electrons. The van der Waals surface area contributed by atoms with Crippen molar-refractivity contribution in [3.05, 3.63) is 45.9 Å². The fourth-order valence-corrected chi connectivity index (χ4v) is 3.63. The number of piperidine rings is 1. The van der Waals surface area contributed by atoms with Gasteiger partial charge in [-0.2, -0.15) is 0 Å². The maximum absolute atomic E-state index is 5.94. The maximum Gasteiger partial charge on any atom is 0.180 e. The fraction of sp³-hybridized carbons (Fsp3) is 0.400. The minimum atomic E-state index is 0. The zero-order chi connectivity index (χ0) is 13.9. The zero-order valence-electron chi connectivity index (χ0n) is 11.7. The highest BCUT2D eigenvalue weighted by Gasteiger charge is 2.20. The molecule has 1 aliphatic rings. The Morgan fingerprint density at radius 2 is 1.90 bits per heavy atom. The summed E-state index contributed by atoms with van der Waals surface area (Å²) in [6.45, 7) is 3.23. The van der Waals surface area contributed by atoms with Gasteiger partial charge in [0.2, 0.25) is 0 Å². The molecular weight excluding hydrogens is 325 g/mol. The number of thiazole rings is 1. The second-order valence-electron chi connectivity index (χ2n) is 5.27. The second-order valence-corrected chi connectivity index (χ2v) is 6.85. The van der Waals surface area contributed by atoms with Crippen LogP contribution in [0.25, 0.3) is 0 Å². The molecule has 1 aromatic heterocycles. The first-order chi connectivity index (χ1) is 9.70. The van der Waals surface area contributed by atoms with Gasteiger partial charge >= 0.3 is 0 Å². The number of halogens is 2. The third kappa shape index (κ3) is 4.33. The summed E-state index contributed by atoms with van der Waals surface area (Å²) in [6, 6.07) is 8.30. The SMILES string of the molecule is Cl.Nc1ncc(CN2CCC(c3ccc(Cl)cc3)CC2)s1. The highest BCUT2D eigenvalue weighted by Crippen LogP contribution is 2.30. The number of likely N-dealkylation sites (tertiary alicyclic amines) is 1. The van der Waals surface area contributed by atoms with Crippen molar-refractivity contribution in [3.8, 4) is 0 Å². The second kappa shape index (κ2) is 7.45. The molecule has 1 fully saturated rings. The van der Waals surface area contributed by atoms with E-state index in [0.29, 0.717) is 11.0 Å². The molecule has 0 unspecified atom stereocenters. The van der Waals surface area contributed by atoms with Crippen LogP contribution in [0, 0.1) is 0 Å². The zero-order valence-corrected chi connectivity index (χ0v) is 14.1. The van der Waals surface area contributed by atoms with Crippen LogP contribution in [-0.2, 0) is 6.54 Å². The van der Waals surface area contributed by atoms with Gasteiger partial charge < -0.3 is 5.73 Å². The Labute approximate surface area is 140 Å². The Hall–Kier alpha value is -0.810. The van der Waals surface area contributed by atoms with Crippen LogP contribution in [0.4, 0.5) is 5.13 Å². The normalized spacial score (nSPS) is 16.6. The van der Waals surface area contributed by atoms with E-state index in [1.807, 2.05) is 18.3 Å². The van der Waals surface area contributed by atoms with E-state index in [-0.39, 0.29) is 12.4 Å². The number of anilines is 1. The van der Waals surface area contributed by atoms with E-state index in [1.165, 1.54) is 23.3 Å². The Morgan fingerprint density at radius 1 is 1.24 bits per heavy atom. The number of rotatable bonds is 3. The van der Waals surface area contributed by atoms with Gasteiger partial charge in [0.15, 0.2) is 5.13 Å². The number of hydrogen-bond donors (Lipinski definition) is 1. The number of benzene rings is 1. The van der Waals surface area contributed by atoms with E-state index in [2.05, 4.69) is 22.0 Å². The molecule has 1 aromatic carbocycles. The van der Waals surface area contributed by atoms with Gasteiger partial charge in [0.25, 0.3) is 0 Å². The molecule has 3 nitrogen and oxygen atoms in total. The van der Waals surface area contributed by atoms with Gasteiger partial charge in [-0.25, -0.2) is 4.98 Å². The molecule has 0 spiro atoms. The van der Waals surface area contributed by atoms with E-state index in [1.54, 1.807) is 11.3 Å². The largest absolute Gasteiger partial charge is 0.375 e. The fourth-order valence-electron chi connectivity index (χ4n) is 2.78. The van der Waals surface area contributed by atoms with Gasteiger partial charge in [-0.05, 0) is 49.5 Å². The third-order valence-corrected chi connectivity index (χ3v) is 4.94. The Bertz CT molecular complexity index is 563. The van der Waals surface area contributed by atoms with Crippen molar-refractivity contribution in [3.63, 3.8) is 0 Å². The molecule has 21 heavy (non-hydrogen) atoms. The molecule has 0 aliphatic carbocycles. The van der Waals surface area contributed by atoms with E-state index in [0.717, 1.165) is 24.7 Å². The lowest BCUT2D eigenvalue weighted by molar-refractivity contribution is 0.206. The first kappa shape index (κ1) is 16.6. The standard InChI is InChI=1S/C15H18ClN3S.ClH/c16-13-3-1-11(2-4-13)12-5-7-19(8-6-12)10-14-9-18-15(17)20-14;/h1-4,9,12H,5-8,10H2,(H2,17,18);1H. The molecule has 2 N–H and O–H groups in total. The topological polar surface area (TPSA) is 42.1 Å². The summed E-state index contributed by atoms with van der Waals surface area (Å²) in [6.07, 6.45) is 4.30. The predicted molar refractivity (Wildman–Crippen MR) is 92.5 cm³/mol. The average molecular weight is 344 g/mol. The lowest BCUT2D eigenvalue weighted by atomic mass is 9.89. The van der Waals surface area contributed by atoms with Crippen LogP contribution >= 0.6 is 35.3 Å². The predicted octanol–water partition coefficient (Wildman–Crippen LogP) is 4.18. The molecule has 6 heteroatoms. The highest BCUT2D eigenvalue weighted by molar-refractivity contribution is 7.15. The molecule has 0 bridgehead atoms. The maximum atomic E-state index is 5.94. The minimum Gasteiger partial charge on any atom is -0.375 e. The molecule has 0 atom stereocenters. The van der Waals surface area contributed by atoms with Crippen molar-refractivity contribution in [2.75, 3.05) is 18.8 Å². The number of hydrogen-bond acceptors (Lipinski definition) is 4. The van der Waals surface area contributed by atoms with E-state index < -0.39 is 0 Å². The Morgan fingerprint density at radius 3 is 2.48 bits per heavy atom. The van der Waals surface area contributed by atoms with Crippen LogP contribution in [-0.4, -0.2) is 23.0 Å². The van der Waals surface area contributed by atoms with Crippen LogP contribution in [0.1, 0.15) is 29.2 Å². The molecule has 0 saturated carbocycles. The molecule has 2 heterocycles. The van der Waals surface area contributed by atoms with Gasteiger partial charge in [0.1, 0.15) is 0 Å². The lowest BCUT2D eigenvalue weighted by Gasteiger charge is -2.31. The van der Waals surface area contributed by atoms with E-state index in [4.69, 9.17) is 17.3 Å². The molecule has 1 saturated heterocycles. The van der Waals surface area contributed by atoms with Crippen molar-refractivity contribution >= 4 is 40.5 Å². The number of nitrogens with two attached hydrogens (primary N) is 1. The Balaban J connectivity index is 0.00000161. The number of nitrogens with zero attached hydrogens (tertiary/aromatic N) is 2. The summed E-state index contributed by atoms with van der Waals surface area (Å²) >= 11 is 7.53. The molecule has 0 amide bonds. The highest BCUT2D eigenvalue weighted by atomic mass is 35.5. The summed E-state index contributed by atoms with van der Waals surface area (Å²) < 4.78 is 0. The van der Waals surface area contributed by atoms with E-state index in [9.17, 15) is 0 Å². The minimum absolute atomic E-state index is 0. The summed E-state index contributed by atoms with van der Waals surface area (Å²) in [7, 11) is 0. The smallest absolute Gasteiger partial charge is 0.180 e. The third-order valence-electron chi connectivity index (χ3n) is 3.88. The molecule has 3 rings (SSSR count). The summed E-state index contributed by atoms with van der Waals surface area (Å²) in [5.41, 5.74) is 7.09. The van der Waals surface area contributed by atoms with E-state index >= 15 is 0 Å². The van der Waals surface area contributed by atoms with Gasteiger partial charge in [-0.3, -0.25) is 4.90 Å². The van der Waals surface area contributed by atoms with Crippen LogP contribution in [0.2, 0.25) is 5.02 Å². The van der Waals surface area contributed by atoms with Crippen LogP contribution in [0.5, 0.6) is 0 Å². The Kier molecular flexibility index (Phi) is 5.88. The quantitative estimate of drug-likeness (QED) is 0.908. The first-order valence-electron chi connectivity index (χ1n) is 6.89. The first-order valence-corrected chi connectivity index (χ1v) is 8.08. The van der Waals surface area contributed by atoms with Crippen LogP contribution in [0.3, 0.4) is 0 Å². The van der Waals surface area contributed by atoms with Gasteiger partial charge in [-0.15, -0.1) is 23.7 Å². The van der Waals surface area contributed by atoms with Crippen molar-refractivity contribution in [2.24, 2.45) is 0 Å². The molecule has 0 radical (unpaired) electrons.